The van der Waals surface area contributed by atoms with Crippen LogP contribution in [0.5, 0.6) is 5.75 Å². The van der Waals surface area contributed by atoms with Crippen LogP contribution in [0.25, 0.3) is 0 Å². The van der Waals surface area contributed by atoms with Gasteiger partial charge in [-0.1, -0.05) is 0 Å². The zero-order chi connectivity index (χ0) is 15.8. The van der Waals surface area contributed by atoms with E-state index in [0.29, 0.717) is 5.92 Å². The van der Waals surface area contributed by atoms with Gasteiger partial charge < -0.3 is 4.74 Å². The van der Waals surface area contributed by atoms with E-state index in [1.54, 1.807) is 0 Å². The summed E-state index contributed by atoms with van der Waals surface area (Å²) in [6, 6.07) is 3.44. The molecule has 0 heterocycles. The number of ether oxygens (including phenoxy) is 1. The minimum absolute atomic E-state index is 0.107. The van der Waals surface area contributed by atoms with Crippen molar-refractivity contribution in [2.45, 2.75) is 30.7 Å². The normalized spacial score (nSPS) is 16.8. The third-order valence-corrected chi connectivity index (χ3v) is 5.86. The van der Waals surface area contributed by atoms with Gasteiger partial charge in [0, 0.05) is 25.2 Å². The Bertz CT molecular complexity index is 655. The fourth-order valence-corrected chi connectivity index (χ4v) is 3.83. The van der Waals surface area contributed by atoms with Crippen LogP contribution in [0.4, 0.5) is 5.69 Å². The van der Waals surface area contributed by atoms with Gasteiger partial charge in [0.25, 0.3) is 5.69 Å². The van der Waals surface area contributed by atoms with Crippen LogP contribution < -0.4 is 4.74 Å². The monoisotopic (exact) mass is 314 g/mol. The van der Waals surface area contributed by atoms with Gasteiger partial charge in [-0.2, -0.15) is 4.31 Å². The molecule has 1 saturated carbocycles. The molecule has 0 spiro atoms. The number of nitrogens with zero attached hydrogens (tertiary/aromatic N) is 2. The number of rotatable bonds is 6. The summed E-state index contributed by atoms with van der Waals surface area (Å²) in [5.74, 6) is 0.463. The number of hydrogen-bond donors (Lipinski definition) is 0. The molecule has 0 bridgehead atoms. The average molecular weight is 314 g/mol. The second-order valence-corrected chi connectivity index (χ2v) is 7.16. The standard InChI is InChI=1S/C13H18N2O5S/c1-9(10-4-5-10)14(2)21(18,19)13-8-11(15(16)17)6-7-12(13)20-3/h6-10H,4-5H2,1-3H3. The predicted molar refractivity (Wildman–Crippen MR) is 76.8 cm³/mol. The molecule has 1 unspecified atom stereocenters. The Morgan fingerprint density at radius 2 is 2.05 bits per heavy atom. The lowest BCUT2D eigenvalue weighted by atomic mass is 10.2. The zero-order valence-electron chi connectivity index (χ0n) is 12.1. The number of nitro benzene ring substituents is 1. The Labute approximate surface area is 123 Å². The van der Waals surface area contributed by atoms with E-state index in [1.165, 1.54) is 30.6 Å². The zero-order valence-corrected chi connectivity index (χ0v) is 13.0. The molecule has 116 valence electrons. The smallest absolute Gasteiger partial charge is 0.271 e. The molecule has 1 aromatic carbocycles. The van der Waals surface area contributed by atoms with E-state index < -0.39 is 14.9 Å². The first-order valence-corrected chi connectivity index (χ1v) is 8.03. The molecule has 0 aromatic heterocycles. The average Bonchev–Trinajstić information content (AvgIpc) is 3.29. The first-order valence-electron chi connectivity index (χ1n) is 6.59. The van der Waals surface area contributed by atoms with E-state index in [2.05, 4.69) is 0 Å². The lowest BCUT2D eigenvalue weighted by Crippen LogP contribution is -2.36. The van der Waals surface area contributed by atoms with Crippen LogP contribution in [-0.4, -0.2) is 37.8 Å². The Morgan fingerprint density at radius 3 is 2.52 bits per heavy atom. The van der Waals surface area contributed by atoms with Crippen LogP contribution in [0, 0.1) is 16.0 Å². The highest BCUT2D eigenvalue weighted by Crippen LogP contribution is 2.38. The molecule has 0 amide bonds. The molecule has 0 saturated heterocycles. The Kier molecular flexibility index (Phi) is 4.20. The number of hydrogen-bond acceptors (Lipinski definition) is 5. The number of nitro groups is 1. The molecule has 1 aliphatic carbocycles. The van der Waals surface area contributed by atoms with Crippen LogP contribution in [0.15, 0.2) is 23.1 Å². The largest absolute Gasteiger partial charge is 0.495 e. The molecular formula is C13H18N2O5S. The summed E-state index contributed by atoms with van der Waals surface area (Å²) < 4.78 is 31.7. The van der Waals surface area contributed by atoms with E-state index in [0.717, 1.165) is 18.9 Å². The lowest BCUT2D eigenvalue weighted by molar-refractivity contribution is -0.385. The van der Waals surface area contributed by atoms with Gasteiger partial charge in [-0.05, 0) is 31.7 Å². The number of sulfonamides is 1. The molecular weight excluding hydrogens is 296 g/mol. The molecule has 1 aliphatic rings. The Morgan fingerprint density at radius 1 is 1.43 bits per heavy atom. The van der Waals surface area contributed by atoms with Crippen molar-refractivity contribution < 1.29 is 18.1 Å². The van der Waals surface area contributed by atoms with Crippen molar-refractivity contribution >= 4 is 15.7 Å². The molecule has 0 N–H and O–H groups in total. The van der Waals surface area contributed by atoms with Crippen molar-refractivity contribution in [3.05, 3.63) is 28.3 Å². The van der Waals surface area contributed by atoms with E-state index in [-0.39, 0.29) is 22.4 Å². The fourth-order valence-electron chi connectivity index (χ4n) is 2.23. The SMILES string of the molecule is COc1ccc([N+](=O)[O-])cc1S(=O)(=O)N(C)C(C)C1CC1. The number of methoxy groups -OCH3 is 1. The van der Waals surface area contributed by atoms with Gasteiger partial charge in [-0.3, -0.25) is 10.1 Å². The Balaban J connectivity index is 2.46. The summed E-state index contributed by atoms with van der Waals surface area (Å²) in [5, 5.41) is 10.9. The molecule has 0 radical (unpaired) electrons. The maximum absolute atomic E-state index is 12.7. The summed E-state index contributed by atoms with van der Waals surface area (Å²) in [4.78, 5) is 10.1. The van der Waals surface area contributed by atoms with Gasteiger partial charge in [0.1, 0.15) is 10.6 Å². The Hall–Kier alpha value is -1.67. The molecule has 1 aromatic rings. The van der Waals surface area contributed by atoms with E-state index in [9.17, 15) is 18.5 Å². The van der Waals surface area contributed by atoms with Gasteiger partial charge in [0.05, 0.1) is 12.0 Å². The minimum atomic E-state index is -3.84. The molecule has 8 heteroatoms. The van der Waals surface area contributed by atoms with Crippen molar-refractivity contribution in [2.24, 2.45) is 5.92 Å². The molecule has 7 nitrogen and oxygen atoms in total. The summed E-state index contributed by atoms with van der Waals surface area (Å²) >= 11 is 0. The first-order chi connectivity index (χ1) is 9.78. The topological polar surface area (TPSA) is 89.7 Å². The quantitative estimate of drug-likeness (QED) is 0.592. The van der Waals surface area contributed by atoms with Crippen molar-refractivity contribution in [3.8, 4) is 5.75 Å². The highest BCUT2D eigenvalue weighted by Gasteiger charge is 2.37. The molecule has 1 atom stereocenters. The second-order valence-electron chi connectivity index (χ2n) is 5.19. The van der Waals surface area contributed by atoms with Gasteiger partial charge in [0.2, 0.25) is 10.0 Å². The third kappa shape index (κ3) is 3.01. The maximum atomic E-state index is 12.7. The highest BCUT2D eigenvalue weighted by molar-refractivity contribution is 7.89. The summed E-state index contributed by atoms with van der Waals surface area (Å²) in [5.41, 5.74) is -0.276. The van der Waals surface area contributed by atoms with Gasteiger partial charge in [-0.25, -0.2) is 8.42 Å². The van der Waals surface area contributed by atoms with Crippen molar-refractivity contribution in [1.29, 1.82) is 0 Å². The molecule has 1 fully saturated rings. The van der Waals surface area contributed by atoms with Crippen LogP contribution in [0.2, 0.25) is 0 Å². The molecule has 21 heavy (non-hydrogen) atoms. The van der Waals surface area contributed by atoms with Gasteiger partial charge in [-0.15, -0.1) is 0 Å². The second kappa shape index (κ2) is 5.61. The maximum Gasteiger partial charge on any atom is 0.271 e. The minimum Gasteiger partial charge on any atom is -0.495 e. The van der Waals surface area contributed by atoms with Gasteiger partial charge >= 0.3 is 0 Å². The lowest BCUT2D eigenvalue weighted by Gasteiger charge is -2.24. The van der Waals surface area contributed by atoms with E-state index in [4.69, 9.17) is 4.74 Å². The van der Waals surface area contributed by atoms with Crippen LogP contribution in [0.1, 0.15) is 19.8 Å². The summed E-state index contributed by atoms with van der Waals surface area (Å²) in [6.45, 7) is 1.85. The van der Waals surface area contributed by atoms with Crippen molar-refractivity contribution in [3.63, 3.8) is 0 Å². The molecule has 0 aliphatic heterocycles. The summed E-state index contributed by atoms with van der Waals surface area (Å²) in [7, 11) is -1.00. The number of non-ortho nitro benzene ring substituents is 1. The van der Waals surface area contributed by atoms with E-state index >= 15 is 0 Å². The molecule has 2 rings (SSSR count). The predicted octanol–water partition coefficient (Wildman–Crippen LogP) is 2.02. The van der Waals surface area contributed by atoms with Crippen LogP contribution >= 0.6 is 0 Å². The highest BCUT2D eigenvalue weighted by atomic mass is 32.2. The summed E-state index contributed by atoms with van der Waals surface area (Å²) in [6.07, 6.45) is 2.01. The third-order valence-electron chi connectivity index (χ3n) is 3.89. The first kappa shape index (κ1) is 15.7. The van der Waals surface area contributed by atoms with Crippen molar-refractivity contribution in [1.82, 2.24) is 4.31 Å². The van der Waals surface area contributed by atoms with E-state index in [1.807, 2.05) is 6.92 Å². The fraction of sp³-hybridized carbons (Fsp3) is 0.538. The van der Waals surface area contributed by atoms with Crippen molar-refractivity contribution in [2.75, 3.05) is 14.2 Å². The number of benzene rings is 1. The van der Waals surface area contributed by atoms with Crippen LogP contribution in [-0.2, 0) is 10.0 Å². The van der Waals surface area contributed by atoms with Gasteiger partial charge in [0.15, 0.2) is 0 Å². The van der Waals surface area contributed by atoms with Crippen LogP contribution in [0.3, 0.4) is 0 Å².